The van der Waals surface area contributed by atoms with Crippen LogP contribution in [0.2, 0.25) is 0 Å². The molecule has 2 heterocycles. The molecule has 0 aliphatic carbocycles. The number of pyridine rings is 1. The summed E-state index contributed by atoms with van der Waals surface area (Å²) in [5, 5.41) is 0. The predicted molar refractivity (Wildman–Crippen MR) is 72.8 cm³/mol. The van der Waals surface area contributed by atoms with Gasteiger partial charge in [-0.3, -0.25) is 0 Å². The zero-order valence-electron chi connectivity index (χ0n) is 10.9. The lowest BCUT2D eigenvalue weighted by Gasteiger charge is -2.33. The van der Waals surface area contributed by atoms with Gasteiger partial charge in [0.2, 0.25) is 0 Å². The molecular weight excluding hydrogens is 355 g/mol. The SMILES string of the molecule is NC(=O)O[C@@H]1CCCN(c2ncc(C(F)(F)F)cc2Br)C1. The normalized spacial score (nSPS) is 19.4. The Morgan fingerprint density at radius 1 is 1.52 bits per heavy atom. The fourth-order valence-corrected chi connectivity index (χ4v) is 2.81. The van der Waals surface area contributed by atoms with Gasteiger partial charge in [-0.05, 0) is 34.8 Å². The quantitative estimate of drug-likeness (QED) is 0.872. The number of ether oxygens (including phenoxy) is 1. The van der Waals surface area contributed by atoms with Gasteiger partial charge in [0.1, 0.15) is 11.9 Å². The zero-order valence-corrected chi connectivity index (χ0v) is 12.4. The number of halogens is 4. The van der Waals surface area contributed by atoms with Crippen LogP contribution < -0.4 is 10.6 Å². The van der Waals surface area contributed by atoms with E-state index in [9.17, 15) is 18.0 Å². The summed E-state index contributed by atoms with van der Waals surface area (Å²) in [5.41, 5.74) is 4.16. The number of hydrogen-bond acceptors (Lipinski definition) is 4. The van der Waals surface area contributed by atoms with Crippen molar-refractivity contribution in [1.29, 1.82) is 0 Å². The first-order valence-corrected chi connectivity index (χ1v) is 7.00. The summed E-state index contributed by atoms with van der Waals surface area (Å²) in [6.45, 7) is 0.968. The van der Waals surface area contributed by atoms with E-state index in [0.717, 1.165) is 18.7 Å². The van der Waals surface area contributed by atoms with Gasteiger partial charge in [0.05, 0.1) is 16.6 Å². The second kappa shape index (κ2) is 6.08. The van der Waals surface area contributed by atoms with Gasteiger partial charge in [-0.1, -0.05) is 0 Å². The molecule has 1 aliphatic heterocycles. The first-order valence-electron chi connectivity index (χ1n) is 6.21. The van der Waals surface area contributed by atoms with Gasteiger partial charge in [0.15, 0.2) is 0 Å². The molecule has 1 saturated heterocycles. The highest BCUT2D eigenvalue weighted by Crippen LogP contribution is 2.34. The van der Waals surface area contributed by atoms with Crippen molar-refractivity contribution in [3.63, 3.8) is 0 Å². The molecule has 0 radical (unpaired) electrons. The second-order valence-electron chi connectivity index (χ2n) is 4.67. The number of carbonyl (C=O) groups is 1. The second-order valence-corrected chi connectivity index (χ2v) is 5.53. The molecule has 1 aromatic rings. The van der Waals surface area contributed by atoms with Crippen LogP contribution in [-0.4, -0.2) is 30.3 Å². The summed E-state index contributed by atoms with van der Waals surface area (Å²) < 4.78 is 43.0. The standard InChI is InChI=1S/C12H13BrF3N3O2/c13-9-4-7(12(14,15)16)5-18-10(9)19-3-1-2-8(6-19)21-11(17)20/h4-5,8H,1-3,6H2,(H2,17,20)/t8-/m1/s1. The van der Waals surface area contributed by atoms with Gasteiger partial charge in [0.25, 0.3) is 0 Å². The molecule has 1 aromatic heterocycles. The van der Waals surface area contributed by atoms with E-state index in [4.69, 9.17) is 10.5 Å². The highest BCUT2D eigenvalue weighted by molar-refractivity contribution is 9.10. The number of anilines is 1. The van der Waals surface area contributed by atoms with Gasteiger partial charge < -0.3 is 15.4 Å². The van der Waals surface area contributed by atoms with Crippen LogP contribution in [0, 0.1) is 0 Å². The topological polar surface area (TPSA) is 68.5 Å². The molecule has 0 bridgehead atoms. The van der Waals surface area contributed by atoms with E-state index in [1.807, 2.05) is 0 Å². The molecule has 5 nitrogen and oxygen atoms in total. The Bertz CT molecular complexity index is 539. The number of amides is 1. The molecule has 0 unspecified atom stereocenters. The van der Waals surface area contributed by atoms with Crippen molar-refractivity contribution in [3.05, 3.63) is 22.3 Å². The van der Waals surface area contributed by atoms with Crippen LogP contribution in [0.25, 0.3) is 0 Å². The van der Waals surface area contributed by atoms with E-state index < -0.39 is 17.8 Å². The van der Waals surface area contributed by atoms with Gasteiger partial charge in [-0.15, -0.1) is 0 Å². The van der Waals surface area contributed by atoms with Crippen LogP contribution >= 0.6 is 15.9 Å². The third kappa shape index (κ3) is 3.99. The Balaban J connectivity index is 2.16. The van der Waals surface area contributed by atoms with Crippen LogP contribution in [0.5, 0.6) is 0 Å². The summed E-state index contributed by atoms with van der Waals surface area (Å²) in [6, 6.07) is 0.987. The Morgan fingerprint density at radius 3 is 2.81 bits per heavy atom. The van der Waals surface area contributed by atoms with Crippen molar-refractivity contribution < 1.29 is 22.7 Å². The van der Waals surface area contributed by atoms with Crippen molar-refractivity contribution in [1.82, 2.24) is 4.98 Å². The number of piperidine rings is 1. The average Bonchev–Trinajstić information content (AvgIpc) is 2.37. The highest BCUT2D eigenvalue weighted by Gasteiger charge is 2.32. The lowest BCUT2D eigenvalue weighted by Crippen LogP contribution is -2.42. The molecule has 1 amide bonds. The van der Waals surface area contributed by atoms with Crippen LogP contribution in [0.3, 0.4) is 0 Å². The first kappa shape index (κ1) is 15.9. The van der Waals surface area contributed by atoms with E-state index in [1.54, 1.807) is 4.90 Å². The number of nitrogens with two attached hydrogens (primary N) is 1. The van der Waals surface area contributed by atoms with E-state index in [-0.39, 0.29) is 10.6 Å². The minimum Gasteiger partial charge on any atom is -0.445 e. The minimum atomic E-state index is -4.44. The largest absolute Gasteiger partial charge is 0.445 e. The van der Waals surface area contributed by atoms with Gasteiger partial charge in [0, 0.05) is 12.7 Å². The van der Waals surface area contributed by atoms with Crippen molar-refractivity contribution in [2.24, 2.45) is 5.73 Å². The molecule has 116 valence electrons. The van der Waals surface area contributed by atoms with Crippen molar-refractivity contribution >= 4 is 27.8 Å². The Labute approximate surface area is 127 Å². The molecule has 1 fully saturated rings. The maximum Gasteiger partial charge on any atom is 0.417 e. The summed E-state index contributed by atoms with van der Waals surface area (Å²) in [6.07, 6.45) is -3.50. The number of rotatable bonds is 2. The molecule has 2 N–H and O–H groups in total. The number of aromatic nitrogens is 1. The monoisotopic (exact) mass is 367 g/mol. The van der Waals surface area contributed by atoms with E-state index in [1.165, 1.54) is 0 Å². The molecule has 0 saturated carbocycles. The molecule has 21 heavy (non-hydrogen) atoms. The van der Waals surface area contributed by atoms with Crippen molar-refractivity contribution in [2.45, 2.75) is 25.1 Å². The number of hydrogen-bond donors (Lipinski definition) is 1. The Kier molecular flexibility index (Phi) is 4.60. The molecule has 1 aliphatic rings. The molecule has 0 spiro atoms. The van der Waals surface area contributed by atoms with E-state index in [0.29, 0.717) is 25.3 Å². The fourth-order valence-electron chi connectivity index (χ4n) is 2.21. The minimum absolute atomic E-state index is 0.247. The van der Waals surface area contributed by atoms with Crippen molar-refractivity contribution in [2.75, 3.05) is 18.0 Å². The zero-order chi connectivity index (χ0) is 15.6. The third-order valence-corrected chi connectivity index (χ3v) is 3.69. The molecule has 9 heteroatoms. The average molecular weight is 368 g/mol. The van der Waals surface area contributed by atoms with Crippen LogP contribution in [-0.2, 0) is 10.9 Å². The predicted octanol–water partition coefficient (Wildman–Crippen LogP) is 2.93. The van der Waals surface area contributed by atoms with Gasteiger partial charge in [-0.2, -0.15) is 13.2 Å². The smallest absolute Gasteiger partial charge is 0.417 e. The van der Waals surface area contributed by atoms with Crippen LogP contribution in [0.4, 0.5) is 23.8 Å². The van der Waals surface area contributed by atoms with Gasteiger partial charge >= 0.3 is 12.3 Å². The Morgan fingerprint density at radius 2 is 2.24 bits per heavy atom. The fraction of sp³-hybridized carbons (Fsp3) is 0.500. The maximum absolute atomic E-state index is 12.6. The molecule has 1 atom stereocenters. The Hall–Kier alpha value is -1.51. The first-order chi connectivity index (χ1) is 9.77. The van der Waals surface area contributed by atoms with E-state index in [2.05, 4.69) is 20.9 Å². The third-order valence-electron chi connectivity index (χ3n) is 3.11. The van der Waals surface area contributed by atoms with Crippen molar-refractivity contribution in [3.8, 4) is 0 Å². The van der Waals surface area contributed by atoms with Crippen LogP contribution in [0.15, 0.2) is 16.7 Å². The number of carbonyl (C=O) groups excluding carboxylic acids is 1. The number of primary amides is 1. The highest BCUT2D eigenvalue weighted by atomic mass is 79.9. The lowest BCUT2D eigenvalue weighted by molar-refractivity contribution is -0.137. The summed E-state index contributed by atoms with van der Waals surface area (Å²) in [7, 11) is 0. The summed E-state index contributed by atoms with van der Waals surface area (Å²) in [4.78, 5) is 16.4. The molecule has 0 aromatic carbocycles. The number of nitrogens with zero attached hydrogens (tertiary/aromatic N) is 2. The summed E-state index contributed by atoms with van der Waals surface area (Å²) >= 11 is 3.11. The van der Waals surface area contributed by atoms with Gasteiger partial charge in [-0.25, -0.2) is 9.78 Å². The summed E-state index contributed by atoms with van der Waals surface area (Å²) in [5.74, 6) is 0.390. The van der Waals surface area contributed by atoms with E-state index >= 15 is 0 Å². The molecular formula is C12H13BrF3N3O2. The molecule has 2 rings (SSSR count). The maximum atomic E-state index is 12.6. The lowest BCUT2D eigenvalue weighted by atomic mass is 10.1. The number of alkyl halides is 3. The van der Waals surface area contributed by atoms with Crippen LogP contribution in [0.1, 0.15) is 18.4 Å².